The predicted octanol–water partition coefficient (Wildman–Crippen LogP) is 1.21. The number of hydrogen-bond acceptors (Lipinski definition) is 2. The van der Waals surface area contributed by atoms with Crippen LogP contribution in [0.1, 0.15) is 5.56 Å². The first-order valence-corrected chi connectivity index (χ1v) is 4.17. The standard InChI is InChI=1S/C10H12N2/c11-9-8(10(9)12)6-7-4-2-1-3-5-7/h1-5,8-9,12H,6,11H2. The monoisotopic (exact) mass is 160 g/mol. The van der Waals surface area contributed by atoms with Crippen molar-refractivity contribution in [3.05, 3.63) is 35.9 Å². The number of nitrogens with one attached hydrogen (secondary N) is 1. The summed E-state index contributed by atoms with van der Waals surface area (Å²) in [5.41, 5.74) is 7.62. The van der Waals surface area contributed by atoms with Crippen molar-refractivity contribution in [2.45, 2.75) is 12.5 Å². The first-order chi connectivity index (χ1) is 5.79. The molecule has 2 rings (SSSR count). The maximum absolute atomic E-state index is 7.40. The Morgan fingerprint density at radius 3 is 2.33 bits per heavy atom. The van der Waals surface area contributed by atoms with Crippen molar-refractivity contribution in [2.24, 2.45) is 11.7 Å². The van der Waals surface area contributed by atoms with E-state index < -0.39 is 0 Å². The van der Waals surface area contributed by atoms with E-state index in [0.29, 0.717) is 11.6 Å². The molecule has 0 amide bonds. The molecule has 0 bridgehead atoms. The van der Waals surface area contributed by atoms with Crippen molar-refractivity contribution >= 4 is 5.71 Å². The van der Waals surface area contributed by atoms with Gasteiger partial charge in [0.25, 0.3) is 0 Å². The number of hydrogen-bond donors (Lipinski definition) is 2. The molecule has 3 N–H and O–H groups in total. The lowest BCUT2D eigenvalue weighted by Crippen LogP contribution is -2.04. The van der Waals surface area contributed by atoms with E-state index in [9.17, 15) is 0 Å². The van der Waals surface area contributed by atoms with Crippen LogP contribution in [0.4, 0.5) is 0 Å². The van der Waals surface area contributed by atoms with Crippen molar-refractivity contribution in [2.75, 3.05) is 0 Å². The van der Waals surface area contributed by atoms with E-state index in [4.69, 9.17) is 11.1 Å². The van der Waals surface area contributed by atoms with Crippen molar-refractivity contribution in [1.29, 1.82) is 5.41 Å². The average Bonchev–Trinajstić information content (AvgIpc) is 2.65. The molecule has 12 heavy (non-hydrogen) atoms. The number of rotatable bonds is 2. The van der Waals surface area contributed by atoms with Crippen molar-refractivity contribution in [3.63, 3.8) is 0 Å². The highest BCUT2D eigenvalue weighted by atomic mass is 14.8. The Balaban J connectivity index is 2.02. The molecule has 1 aliphatic rings. The lowest BCUT2D eigenvalue weighted by atomic mass is 10.1. The Hall–Kier alpha value is -1.15. The van der Waals surface area contributed by atoms with E-state index >= 15 is 0 Å². The van der Waals surface area contributed by atoms with Crippen LogP contribution in [0.5, 0.6) is 0 Å². The fraction of sp³-hybridized carbons (Fsp3) is 0.300. The molecule has 0 saturated heterocycles. The molecule has 0 aliphatic heterocycles. The van der Waals surface area contributed by atoms with Gasteiger partial charge in [0.15, 0.2) is 0 Å². The minimum Gasteiger partial charge on any atom is -0.322 e. The van der Waals surface area contributed by atoms with Crippen LogP contribution in [-0.2, 0) is 6.42 Å². The lowest BCUT2D eigenvalue weighted by molar-refractivity contribution is 0.798. The van der Waals surface area contributed by atoms with Crippen LogP contribution in [0.25, 0.3) is 0 Å². The van der Waals surface area contributed by atoms with Crippen LogP contribution in [0, 0.1) is 11.3 Å². The minimum atomic E-state index is 0.0326. The highest BCUT2D eigenvalue weighted by Gasteiger charge is 2.41. The molecule has 2 atom stereocenters. The Kier molecular flexibility index (Phi) is 1.70. The fourth-order valence-electron chi connectivity index (χ4n) is 1.45. The topological polar surface area (TPSA) is 49.9 Å². The van der Waals surface area contributed by atoms with Crippen LogP contribution >= 0.6 is 0 Å². The molecule has 1 aromatic rings. The largest absolute Gasteiger partial charge is 0.322 e. The van der Waals surface area contributed by atoms with Crippen LogP contribution in [-0.4, -0.2) is 11.8 Å². The van der Waals surface area contributed by atoms with Gasteiger partial charge in [0, 0.05) is 11.6 Å². The van der Waals surface area contributed by atoms with Gasteiger partial charge in [0.1, 0.15) is 0 Å². The molecule has 1 aliphatic carbocycles. The third-order valence-electron chi connectivity index (χ3n) is 2.38. The van der Waals surface area contributed by atoms with Crippen molar-refractivity contribution < 1.29 is 0 Å². The Labute approximate surface area is 71.9 Å². The first kappa shape index (κ1) is 7.50. The highest BCUT2D eigenvalue weighted by Crippen LogP contribution is 2.27. The molecule has 62 valence electrons. The molecular formula is C10H12N2. The summed E-state index contributed by atoms with van der Waals surface area (Å²) < 4.78 is 0. The Morgan fingerprint density at radius 1 is 1.25 bits per heavy atom. The fourth-order valence-corrected chi connectivity index (χ4v) is 1.45. The summed E-state index contributed by atoms with van der Waals surface area (Å²) in [5.74, 6) is 0.312. The van der Waals surface area contributed by atoms with E-state index in [2.05, 4.69) is 12.1 Å². The minimum absolute atomic E-state index is 0.0326. The molecule has 0 aromatic heterocycles. The number of nitrogens with two attached hydrogens (primary N) is 1. The van der Waals surface area contributed by atoms with Gasteiger partial charge in [0.2, 0.25) is 0 Å². The van der Waals surface area contributed by atoms with Crippen molar-refractivity contribution in [3.8, 4) is 0 Å². The van der Waals surface area contributed by atoms with E-state index in [0.717, 1.165) is 6.42 Å². The van der Waals surface area contributed by atoms with Gasteiger partial charge in [-0.05, 0) is 12.0 Å². The molecule has 0 radical (unpaired) electrons. The maximum atomic E-state index is 7.40. The lowest BCUT2D eigenvalue weighted by Gasteiger charge is -1.96. The van der Waals surface area contributed by atoms with E-state index in [1.54, 1.807) is 0 Å². The first-order valence-electron chi connectivity index (χ1n) is 4.17. The zero-order chi connectivity index (χ0) is 8.55. The SMILES string of the molecule is N=C1C(N)C1Cc1ccccc1. The molecule has 1 aromatic carbocycles. The van der Waals surface area contributed by atoms with Crippen LogP contribution in [0.15, 0.2) is 30.3 Å². The van der Waals surface area contributed by atoms with Gasteiger partial charge in [-0.25, -0.2) is 0 Å². The number of benzene rings is 1. The van der Waals surface area contributed by atoms with E-state index in [1.807, 2.05) is 18.2 Å². The van der Waals surface area contributed by atoms with Gasteiger partial charge < -0.3 is 11.1 Å². The smallest absolute Gasteiger partial charge is 0.0511 e. The molecule has 2 nitrogen and oxygen atoms in total. The Bertz CT molecular complexity index is 292. The molecule has 0 heterocycles. The van der Waals surface area contributed by atoms with E-state index in [1.165, 1.54) is 5.56 Å². The van der Waals surface area contributed by atoms with Gasteiger partial charge in [-0.3, -0.25) is 0 Å². The molecule has 0 spiro atoms. The molecule has 1 saturated carbocycles. The predicted molar refractivity (Wildman–Crippen MR) is 49.3 cm³/mol. The van der Waals surface area contributed by atoms with Gasteiger partial charge in [0.05, 0.1) is 6.04 Å². The zero-order valence-corrected chi connectivity index (χ0v) is 6.83. The summed E-state index contributed by atoms with van der Waals surface area (Å²) >= 11 is 0. The second kappa shape index (κ2) is 2.72. The highest BCUT2D eigenvalue weighted by molar-refractivity contribution is 6.05. The van der Waals surface area contributed by atoms with Gasteiger partial charge in [-0.15, -0.1) is 0 Å². The van der Waals surface area contributed by atoms with Gasteiger partial charge in [-0.1, -0.05) is 30.3 Å². The second-order valence-corrected chi connectivity index (χ2v) is 3.28. The third kappa shape index (κ3) is 1.25. The summed E-state index contributed by atoms with van der Waals surface area (Å²) in [6.07, 6.45) is 0.931. The Morgan fingerprint density at radius 2 is 1.83 bits per heavy atom. The van der Waals surface area contributed by atoms with Gasteiger partial charge >= 0.3 is 0 Å². The van der Waals surface area contributed by atoms with Crippen LogP contribution < -0.4 is 5.73 Å². The maximum Gasteiger partial charge on any atom is 0.0511 e. The summed E-state index contributed by atoms with van der Waals surface area (Å²) in [6.45, 7) is 0. The van der Waals surface area contributed by atoms with Crippen LogP contribution in [0.2, 0.25) is 0 Å². The normalized spacial score (nSPS) is 27.2. The quantitative estimate of drug-likeness (QED) is 0.671. The van der Waals surface area contributed by atoms with Crippen molar-refractivity contribution in [1.82, 2.24) is 0 Å². The summed E-state index contributed by atoms with van der Waals surface area (Å²) in [4.78, 5) is 0. The second-order valence-electron chi connectivity index (χ2n) is 3.28. The van der Waals surface area contributed by atoms with E-state index in [-0.39, 0.29) is 6.04 Å². The molecule has 1 fully saturated rings. The summed E-state index contributed by atoms with van der Waals surface area (Å²) in [7, 11) is 0. The molecule has 2 heteroatoms. The average molecular weight is 160 g/mol. The summed E-state index contributed by atoms with van der Waals surface area (Å²) in [6, 6.07) is 10.2. The van der Waals surface area contributed by atoms with Gasteiger partial charge in [-0.2, -0.15) is 0 Å². The molecule has 2 unspecified atom stereocenters. The zero-order valence-electron chi connectivity index (χ0n) is 6.83. The molecular weight excluding hydrogens is 148 g/mol. The van der Waals surface area contributed by atoms with Crippen LogP contribution in [0.3, 0.4) is 0 Å². The summed E-state index contributed by atoms with van der Waals surface area (Å²) in [5, 5.41) is 7.40. The third-order valence-corrected chi connectivity index (χ3v) is 2.38.